The highest BCUT2D eigenvalue weighted by Crippen LogP contribution is 2.24. The summed E-state index contributed by atoms with van der Waals surface area (Å²) < 4.78 is 0. The van der Waals surface area contributed by atoms with Gasteiger partial charge in [0.25, 0.3) is 0 Å². The van der Waals surface area contributed by atoms with Gasteiger partial charge in [0.05, 0.1) is 11.7 Å². The second-order valence-electron chi connectivity index (χ2n) is 5.30. The lowest BCUT2D eigenvalue weighted by Crippen LogP contribution is -2.44. The maximum Gasteiger partial charge on any atom is 0.110 e. The Morgan fingerprint density at radius 1 is 1.25 bits per heavy atom. The predicted molar refractivity (Wildman–Crippen MR) is 84.2 cm³/mol. The molecule has 2 aromatic rings. The van der Waals surface area contributed by atoms with Crippen LogP contribution in [0.5, 0.6) is 0 Å². The van der Waals surface area contributed by atoms with Crippen LogP contribution in [0.4, 0.5) is 0 Å². The average molecular weight is 287 g/mol. The number of thiazole rings is 1. The summed E-state index contributed by atoms with van der Waals surface area (Å²) >= 11 is 1.80. The van der Waals surface area contributed by atoms with Crippen LogP contribution in [0.15, 0.2) is 35.7 Å². The van der Waals surface area contributed by atoms with E-state index in [9.17, 15) is 0 Å². The number of benzene rings is 1. The second-order valence-corrected chi connectivity index (χ2v) is 6.19. The molecule has 1 atom stereocenters. The first kappa shape index (κ1) is 13.7. The van der Waals surface area contributed by atoms with Crippen LogP contribution in [0.1, 0.15) is 29.2 Å². The van der Waals surface area contributed by atoms with E-state index in [2.05, 4.69) is 52.9 Å². The highest BCUT2D eigenvalue weighted by molar-refractivity contribution is 7.09. The van der Waals surface area contributed by atoms with Gasteiger partial charge in [-0.25, -0.2) is 4.98 Å². The third kappa shape index (κ3) is 3.26. The van der Waals surface area contributed by atoms with Gasteiger partial charge in [0.15, 0.2) is 0 Å². The van der Waals surface area contributed by atoms with E-state index < -0.39 is 0 Å². The van der Waals surface area contributed by atoms with Gasteiger partial charge in [-0.1, -0.05) is 30.3 Å². The molecule has 0 bridgehead atoms. The SMILES string of the molecule is CC(c1nc(Cc2ccccc2)cs1)N1CCNCC1. The number of piperazine rings is 1. The summed E-state index contributed by atoms with van der Waals surface area (Å²) in [5, 5.41) is 6.86. The maximum atomic E-state index is 4.84. The van der Waals surface area contributed by atoms with Crippen molar-refractivity contribution in [2.75, 3.05) is 26.2 Å². The Kier molecular flexibility index (Phi) is 4.45. The molecule has 3 nitrogen and oxygen atoms in total. The number of aromatic nitrogens is 1. The molecule has 1 aromatic carbocycles. The van der Waals surface area contributed by atoms with E-state index in [1.807, 2.05) is 0 Å². The van der Waals surface area contributed by atoms with Crippen LogP contribution in [0.25, 0.3) is 0 Å². The minimum absolute atomic E-state index is 0.437. The molecule has 0 saturated carbocycles. The summed E-state index contributed by atoms with van der Waals surface area (Å²) in [5.74, 6) is 0. The van der Waals surface area contributed by atoms with Crippen molar-refractivity contribution < 1.29 is 0 Å². The number of nitrogens with zero attached hydrogens (tertiary/aromatic N) is 2. The standard InChI is InChI=1S/C16H21N3S/c1-13(19-9-7-17-8-10-19)16-18-15(12-20-16)11-14-5-3-2-4-6-14/h2-6,12-13,17H,7-11H2,1H3. The molecule has 3 rings (SSSR count). The Morgan fingerprint density at radius 3 is 2.75 bits per heavy atom. The third-order valence-corrected chi connectivity index (χ3v) is 4.92. The highest BCUT2D eigenvalue weighted by atomic mass is 32.1. The lowest BCUT2D eigenvalue weighted by Gasteiger charge is -2.31. The molecule has 1 aromatic heterocycles. The van der Waals surface area contributed by atoms with Gasteiger partial charge in [0.2, 0.25) is 0 Å². The number of nitrogens with one attached hydrogen (secondary N) is 1. The van der Waals surface area contributed by atoms with Crippen molar-refractivity contribution in [1.29, 1.82) is 0 Å². The summed E-state index contributed by atoms with van der Waals surface area (Å²) in [5.41, 5.74) is 2.53. The summed E-state index contributed by atoms with van der Waals surface area (Å²) in [6.45, 7) is 6.69. The van der Waals surface area contributed by atoms with E-state index in [1.54, 1.807) is 11.3 Å². The minimum atomic E-state index is 0.437. The highest BCUT2D eigenvalue weighted by Gasteiger charge is 2.20. The lowest BCUT2D eigenvalue weighted by molar-refractivity contribution is 0.185. The van der Waals surface area contributed by atoms with Gasteiger partial charge in [-0.15, -0.1) is 11.3 Å². The fourth-order valence-electron chi connectivity index (χ4n) is 2.63. The summed E-state index contributed by atoms with van der Waals surface area (Å²) in [7, 11) is 0. The van der Waals surface area contributed by atoms with E-state index >= 15 is 0 Å². The Hall–Kier alpha value is -1.23. The van der Waals surface area contributed by atoms with E-state index in [0.29, 0.717) is 6.04 Å². The monoisotopic (exact) mass is 287 g/mol. The van der Waals surface area contributed by atoms with Crippen molar-refractivity contribution in [1.82, 2.24) is 15.2 Å². The summed E-state index contributed by atoms with van der Waals surface area (Å²) in [4.78, 5) is 7.35. The average Bonchev–Trinajstić information content (AvgIpc) is 2.97. The molecule has 2 heterocycles. The predicted octanol–water partition coefficient (Wildman–Crippen LogP) is 2.70. The molecule has 4 heteroatoms. The molecule has 1 aliphatic rings. The fourth-order valence-corrected chi connectivity index (χ4v) is 3.54. The zero-order valence-electron chi connectivity index (χ0n) is 11.9. The van der Waals surface area contributed by atoms with Gasteiger partial charge in [-0.3, -0.25) is 4.90 Å². The van der Waals surface area contributed by atoms with E-state index in [4.69, 9.17) is 4.98 Å². The van der Waals surface area contributed by atoms with Gasteiger partial charge in [-0.2, -0.15) is 0 Å². The molecule has 1 unspecified atom stereocenters. The fraction of sp³-hybridized carbons (Fsp3) is 0.438. The van der Waals surface area contributed by atoms with Gasteiger partial charge in [0.1, 0.15) is 5.01 Å². The van der Waals surface area contributed by atoms with Crippen LogP contribution in [0.3, 0.4) is 0 Å². The van der Waals surface area contributed by atoms with Crippen LogP contribution in [0, 0.1) is 0 Å². The molecule has 1 N–H and O–H groups in total. The van der Waals surface area contributed by atoms with Crippen LogP contribution in [-0.2, 0) is 6.42 Å². The molecule has 0 aliphatic carbocycles. The van der Waals surface area contributed by atoms with E-state index in [0.717, 1.165) is 32.6 Å². The Bertz CT molecular complexity index is 532. The Balaban J connectivity index is 1.66. The topological polar surface area (TPSA) is 28.2 Å². The van der Waals surface area contributed by atoms with Gasteiger partial charge < -0.3 is 5.32 Å². The number of rotatable bonds is 4. The molecule has 0 amide bonds. The van der Waals surface area contributed by atoms with Crippen LogP contribution in [-0.4, -0.2) is 36.1 Å². The number of hydrogen-bond acceptors (Lipinski definition) is 4. The first-order valence-corrected chi connectivity index (χ1v) is 8.14. The largest absolute Gasteiger partial charge is 0.314 e. The molecule has 106 valence electrons. The Morgan fingerprint density at radius 2 is 2.00 bits per heavy atom. The van der Waals surface area contributed by atoms with Crippen molar-refractivity contribution in [3.63, 3.8) is 0 Å². The van der Waals surface area contributed by atoms with Crippen LogP contribution in [0.2, 0.25) is 0 Å². The second kappa shape index (κ2) is 6.48. The lowest BCUT2D eigenvalue weighted by atomic mass is 10.1. The van der Waals surface area contributed by atoms with Crippen molar-refractivity contribution in [2.45, 2.75) is 19.4 Å². The smallest absolute Gasteiger partial charge is 0.110 e. The summed E-state index contributed by atoms with van der Waals surface area (Å²) in [6, 6.07) is 11.0. The van der Waals surface area contributed by atoms with Crippen molar-refractivity contribution in [2.24, 2.45) is 0 Å². The van der Waals surface area contributed by atoms with Crippen LogP contribution >= 0.6 is 11.3 Å². The zero-order valence-corrected chi connectivity index (χ0v) is 12.7. The van der Waals surface area contributed by atoms with E-state index in [-0.39, 0.29) is 0 Å². The molecule has 1 fully saturated rings. The molecular formula is C16H21N3S. The first-order chi connectivity index (χ1) is 9.83. The van der Waals surface area contributed by atoms with Crippen molar-refractivity contribution in [3.05, 3.63) is 52.0 Å². The maximum absolute atomic E-state index is 4.84. The molecule has 1 saturated heterocycles. The molecule has 1 aliphatic heterocycles. The summed E-state index contributed by atoms with van der Waals surface area (Å²) in [6.07, 6.45) is 0.936. The van der Waals surface area contributed by atoms with Crippen LogP contribution < -0.4 is 5.32 Å². The molecule has 0 radical (unpaired) electrons. The minimum Gasteiger partial charge on any atom is -0.314 e. The Labute approximate surface area is 124 Å². The molecule has 0 spiro atoms. The van der Waals surface area contributed by atoms with Gasteiger partial charge in [0, 0.05) is 38.0 Å². The van der Waals surface area contributed by atoms with Gasteiger partial charge >= 0.3 is 0 Å². The van der Waals surface area contributed by atoms with E-state index in [1.165, 1.54) is 16.3 Å². The van der Waals surface area contributed by atoms with Gasteiger partial charge in [-0.05, 0) is 12.5 Å². The first-order valence-electron chi connectivity index (χ1n) is 7.26. The normalized spacial score (nSPS) is 18.1. The molecule has 20 heavy (non-hydrogen) atoms. The molecular weight excluding hydrogens is 266 g/mol. The third-order valence-electron chi connectivity index (χ3n) is 3.85. The zero-order chi connectivity index (χ0) is 13.8. The number of hydrogen-bond donors (Lipinski definition) is 1. The quantitative estimate of drug-likeness (QED) is 0.937. The van der Waals surface area contributed by atoms with Crippen molar-refractivity contribution >= 4 is 11.3 Å². The van der Waals surface area contributed by atoms with Crippen molar-refractivity contribution in [3.8, 4) is 0 Å².